The van der Waals surface area contributed by atoms with Crippen LogP contribution in [0.2, 0.25) is 0 Å². The number of hydrogen-bond donors (Lipinski definition) is 2. The monoisotopic (exact) mass is 380 g/mol. The van der Waals surface area contributed by atoms with Crippen LogP contribution in [-0.4, -0.2) is 65.7 Å². The number of aliphatic hydroxyl groups excluding tert-OH is 2. The Morgan fingerprint density at radius 1 is 1.19 bits per heavy atom. The van der Waals surface area contributed by atoms with E-state index in [-0.39, 0.29) is 23.2 Å². The van der Waals surface area contributed by atoms with Gasteiger partial charge in [-0.25, -0.2) is 4.79 Å². The minimum atomic E-state index is -1.30. The molecule has 7 unspecified atom stereocenters. The Bertz CT molecular complexity index is 732. The summed E-state index contributed by atoms with van der Waals surface area (Å²) in [5.74, 6) is -0.916. The van der Waals surface area contributed by atoms with Crippen LogP contribution in [0.1, 0.15) is 34.1 Å². The Morgan fingerprint density at radius 3 is 2.63 bits per heavy atom. The molecule has 0 aromatic heterocycles. The zero-order valence-corrected chi connectivity index (χ0v) is 16.2. The quantitative estimate of drug-likeness (QED) is 0.590. The zero-order valence-electron chi connectivity index (χ0n) is 16.2. The summed E-state index contributed by atoms with van der Waals surface area (Å²) < 4.78 is 24.4. The van der Waals surface area contributed by atoms with Crippen LogP contribution in [0.4, 0.5) is 0 Å². The van der Waals surface area contributed by atoms with Crippen LogP contribution in [0.3, 0.4) is 0 Å². The molecule has 2 N–H and O–H groups in total. The highest BCUT2D eigenvalue weighted by Gasteiger charge is 2.98. The van der Waals surface area contributed by atoms with E-state index in [1.807, 2.05) is 6.92 Å². The van der Waals surface area contributed by atoms with Crippen LogP contribution >= 0.6 is 0 Å². The van der Waals surface area contributed by atoms with E-state index < -0.39 is 53.1 Å². The van der Waals surface area contributed by atoms with Crippen LogP contribution in [0.5, 0.6) is 0 Å². The molecule has 2 saturated carbocycles. The molecule has 0 aromatic rings. The minimum Gasteiger partial charge on any atom is -0.457 e. The fourth-order valence-corrected chi connectivity index (χ4v) is 8.53. The third-order valence-electron chi connectivity index (χ3n) is 8.77. The van der Waals surface area contributed by atoms with Crippen LogP contribution in [0.25, 0.3) is 0 Å². The van der Waals surface area contributed by atoms with Gasteiger partial charge in [0.1, 0.15) is 6.10 Å². The molecule has 7 heteroatoms. The third-order valence-corrected chi connectivity index (χ3v) is 8.77. The van der Waals surface area contributed by atoms with Gasteiger partial charge in [0.05, 0.1) is 36.9 Å². The van der Waals surface area contributed by atoms with Crippen molar-refractivity contribution in [2.75, 3.05) is 13.2 Å². The van der Waals surface area contributed by atoms with Crippen molar-refractivity contribution in [2.24, 2.45) is 34.0 Å². The lowest BCUT2D eigenvalue weighted by Crippen LogP contribution is -2.59. The van der Waals surface area contributed by atoms with Gasteiger partial charge in [-0.15, -0.1) is 0 Å². The predicted molar refractivity (Wildman–Crippen MR) is 90.3 cm³/mol. The first kappa shape index (κ1) is 17.2. The van der Waals surface area contributed by atoms with Crippen LogP contribution in [0.15, 0.2) is 0 Å². The molecule has 2 aliphatic carbocycles. The zero-order chi connectivity index (χ0) is 19.1. The summed E-state index contributed by atoms with van der Waals surface area (Å²) in [7, 11) is 0. The van der Waals surface area contributed by atoms with E-state index in [2.05, 4.69) is 20.8 Å². The summed E-state index contributed by atoms with van der Waals surface area (Å²) in [6, 6.07) is 0. The van der Waals surface area contributed by atoms with Crippen LogP contribution < -0.4 is 0 Å². The lowest BCUT2D eigenvalue weighted by molar-refractivity contribution is -0.205. The van der Waals surface area contributed by atoms with Crippen molar-refractivity contribution in [1.82, 2.24) is 0 Å². The van der Waals surface area contributed by atoms with Crippen molar-refractivity contribution in [2.45, 2.75) is 70.4 Å². The Balaban J connectivity index is 1.68. The van der Waals surface area contributed by atoms with E-state index >= 15 is 0 Å². The van der Waals surface area contributed by atoms with Gasteiger partial charge in [-0.3, -0.25) is 0 Å². The number of aliphatic hydroxyl groups is 2. The van der Waals surface area contributed by atoms with Gasteiger partial charge in [-0.1, -0.05) is 27.7 Å². The van der Waals surface area contributed by atoms with Crippen molar-refractivity contribution in [3.8, 4) is 0 Å². The predicted octanol–water partition coefficient (Wildman–Crippen LogP) is 0.462. The molecule has 27 heavy (non-hydrogen) atoms. The molecule has 7 nitrogen and oxygen atoms in total. The van der Waals surface area contributed by atoms with Gasteiger partial charge in [-0.2, -0.15) is 0 Å². The molecule has 4 heterocycles. The summed E-state index contributed by atoms with van der Waals surface area (Å²) >= 11 is 0. The number of fused-ring (bicyclic) bond motifs is 1. The molecule has 6 aliphatic rings. The molecule has 150 valence electrons. The first-order chi connectivity index (χ1) is 12.7. The second-order valence-electron chi connectivity index (χ2n) is 10.6. The molecule has 4 saturated heterocycles. The van der Waals surface area contributed by atoms with E-state index in [0.717, 1.165) is 0 Å². The molecular formula is C20H28O7. The Labute approximate surface area is 158 Å². The number of ether oxygens (including phenoxy) is 4. The minimum absolute atomic E-state index is 0.0528. The highest BCUT2D eigenvalue weighted by Crippen LogP contribution is 2.83. The maximum absolute atomic E-state index is 13.3. The summed E-state index contributed by atoms with van der Waals surface area (Å²) in [6.07, 6.45) is -3.05. The van der Waals surface area contributed by atoms with E-state index in [4.69, 9.17) is 18.9 Å². The van der Waals surface area contributed by atoms with Gasteiger partial charge in [0, 0.05) is 17.3 Å². The Morgan fingerprint density at radius 2 is 1.93 bits per heavy atom. The molecule has 6 fully saturated rings. The SMILES string of the molecule is C[C@@H]1COC2C1C13OC4OCCC45[C@H](C(C)(C)C)[C@@H](O)C(OC1=O)C35[C@H]2O. The normalized spacial score (nSPS) is 63.1. The highest BCUT2D eigenvalue weighted by atomic mass is 16.7. The van der Waals surface area contributed by atoms with E-state index in [9.17, 15) is 15.0 Å². The number of rotatable bonds is 0. The average Bonchev–Trinajstić information content (AvgIpc) is 3.30. The molecular weight excluding hydrogens is 352 g/mol. The Kier molecular flexibility index (Phi) is 2.88. The van der Waals surface area contributed by atoms with Crippen molar-refractivity contribution in [3.05, 3.63) is 0 Å². The molecule has 0 bridgehead atoms. The standard InChI is InChI=1S/C20H28O7/c1-8-7-25-11-9(8)20-15(23)26-14-10(21)12(17(2,3)4)18(19(14,20)13(11)22)5-6-24-16(18)27-20/h8-14,16,21-22H,5-7H2,1-4H3/t8-,9?,10-,11?,12+,13+,14?,16?,18?,19?,20?/m1/s1. The van der Waals surface area contributed by atoms with Crippen LogP contribution in [-0.2, 0) is 23.7 Å². The first-order valence-electron chi connectivity index (χ1n) is 10.1. The van der Waals surface area contributed by atoms with Crippen molar-refractivity contribution in [1.29, 1.82) is 0 Å². The lowest BCUT2D eigenvalue weighted by Gasteiger charge is -2.47. The lowest BCUT2D eigenvalue weighted by atomic mass is 9.52. The largest absolute Gasteiger partial charge is 0.457 e. The number of carbonyl (C=O) groups excluding carboxylic acids is 1. The van der Waals surface area contributed by atoms with Gasteiger partial charge in [0.25, 0.3) is 0 Å². The van der Waals surface area contributed by atoms with E-state index in [1.54, 1.807) is 0 Å². The molecule has 0 radical (unpaired) electrons. The summed E-state index contributed by atoms with van der Waals surface area (Å²) in [4.78, 5) is 13.3. The summed E-state index contributed by atoms with van der Waals surface area (Å²) in [5.41, 5.74) is -3.28. The van der Waals surface area contributed by atoms with Crippen molar-refractivity contribution in [3.63, 3.8) is 0 Å². The molecule has 6 rings (SSSR count). The van der Waals surface area contributed by atoms with Gasteiger partial charge in [0.15, 0.2) is 11.9 Å². The second kappa shape index (κ2) is 4.54. The molecule has 2 spiro atoms. The van der Waals surface area contributed by atoms with Gasteiger partial charge in [-0.05, 0) is 17.8 Å². The first-order valence-corrected chi connectivity index (χ1v) is 10.1. The third kappa shape index (κ3) is 1.36. The summed E-state index contributed by atoms with van der Waals surface area (Å²) in [6.45, 7) is 9.27. The maximum atomic E-state index is 13.3. The van der Waals surface area contributed by atoms with Gasteiger partial charge < -0.3 is 29.2 Å². The number of hydrogen-bond acceptors (Lipinski definition) is 7. The molecule has 11 atom stereocenters. The van der Waals surface area contributed by atoms with Gasteiger partial charge in [0.2, 0.25) is 0 Å². The van der Waals surface area contributed by atoms with Crippen molar-refractivity contribution < 1.29 is 34.0 Å². The maximum Gasteiger partial charge on any atom is 0.340 e. The molecule has 0 aromatic carbocycles. The smallest absolute Gasteiger partial charge is 0.340 e. The second-order valence-corrected chi connectivity index (χ2v) is 10.6. The fourth-order valence-electron chi connectivity index (χ4n) is 8.53. The topological polar surface area (TPSA) is 94.5 Å². The van der Waals surface area contributed by atoms with Crippen molar-refractivity contribution >= 4 is 5.97 Å². The fraction of sp³-hybridized carbons (Fsp3) is 0.950. The number of carbonyl (C=O) groups is 1. The van der Waals surface area contributed by atoms with Gasteiger partial charge >= 0.3 is 5.97 Å². The highest BCUT2D eigenvalue weighted by molar-refractivity contribution is 5.87. The van der Waals surface area contributed by atoms with E-state index in [0.29, 0.717) is 19.6 Å². The Hall–Kier alpha value is -0.730. The molecule has 4 aliphatic heterocycles. The van der Waals surface area contributed by atoms with E-state index in [1.165, 1.54) is 0 Å². The van der Waals surface area contributed by atoms with Crippen LogP contribution in [0, 0.1) is 34.0 Å². The average molecular weight is 380 g/mol. The summed E-state index contributed by atoms with van der Waals surface area (Å²) in [5, 5.41) is 23.1. The molecule has 0 amide bonds. The number of esters is 1.